The summed E-state index contributed by atoms with van der Waals surface area (Å²) >= 11 is 0. The van der Waals surface area contributed by atoms with Gasteiger partial charge >= 0.3 is 11.7 Å². The van der Waals surface area contributed by atoms with Crippen LogP contribution in [0.4, 0.5) is 5.69 Å². The predicted molar refractivity (Wildman–Crippen MR) is 123 cm³/mol. The van der Waals surface area contributed by atoms with Crippen molar-refractivity contribution >= 4 is 23.3 Å². The van der Waals surface area contributed by atoms with Crippen molar-refractivity contribution in [2.45, 2.75) is 12.5 Å². The lowest BCUT2D eigenvalue weighted by molar-refractivity contribution is -0.136. The van der Waals surface area contributed by atoms with Crippen LogP contribution in [-0.4, -0.2) is 46.3 Å². The van der Waals surface area contributed by atoms with E-state index in [0.29, 0.717) is 17.9 Å². The van der Waals surface area contributed by atoms with Crippen LogP contribution in [0, 0.1) is 0 Å². The molecular weight excluding hydrogens is 442 g/mol. The number of esters is 1. The number of nitrogen functional groups attached to an aromatic ring is 1. The maximum absolute atomic E-state index is 13.0. The van der Waals surface area contributed by atoms with Crippen LogP contribution < -0.4 is 21.7 Å². The number of nitrogens with one attached hydrogen (secondary N) is 2. The topological polar surface area (TPSA) is 160 Å². The third-order valence-electron chi connectivity index (χ3n) is 5.28. The number of aromatic nitrogens is 2. The van der Waals surface area contributed by atoms with E-state index in [1.807, 2.05) is 47.4 Å². The van der Waals surface area contributed by atoms with Crippen molar-refractivity contribution in [2.75, 3.05) is 19.5 Å². The second-order valence-electron chi connectivity index (χ2n) is 7.42. The first kappa shape index (κ1) is 22.5. The van der Waals surface area contributed by atoms with Crippen LogP contribution in [0.2, 0.25) is 0 Å². The lowest BCUT2D eigenvalue weighted by atomic mass is 9.98. The summed E-state index contributed by atoms with van der Waals surface area (Å²) in [4.78, 5) is 52.5. The smallest absolute Gasteiger partial charge is 0.357 e. The Hall–Kier alpha value is -4.67. The number of carbonyl (C=O) groups is 2. The molecule has 0 spiro atoms. The Morgan fingerprint density at radius 1 is 1.09 bits per heavy atom. The number of hydrazone groups is 1. The Kier molecular flexibility index (Phi) is 6.26. The van der Waals surface area contributed by atoms with Crippen molar-refractivity contribution in [3.63, 3.8) is 0 Å². The first-order chi connectivity index (χ1) is 16.4. The number of carbonyl (C=O) groups excluding carboxylic acids is 2. The summed E-state index contributed by atoms with van der Waals surface area (Å²) in [6.07, 6.45) is 0.449. The van der Waals surface area contributed by atoms with Crippen LogP contribution in [0.25, 0.3) is 0 Å². The minimum absolute atomic E-state index is 0.434. The van der Waals surface area contributed by atoms with Crippen molar-refractivity contribution in [1.82, 2.24) is 15.0 Å². The zero-order valence-corrected chi connectivity index (χ0v) is 18.1. The third kappa shape index (κ3) is 4.58. The first-order valence-electron chi connectivity index (χ1n) is 10.3. The van der Waals surface area contributed by atoms with Crippen molar-refractivity contribution in [3.8, 4) is 5.75 Å². The molecule has 4 rings (SSSR count). The number of amides is 1. The molecule has 0 aliphatic carbocycles. The number of methoxy groups -OCH3 is 1. The van der Waals surface area contributed by atoms with Crippen molar-refractivity contribution < 1.29 is 19.1 Å². The number of H-pyrrole nitrogens is 2. The number of ether oxygens (including phenoxy) is 2. The van der Waals surface area contributed by atoms with E-state index >= 15 is 0 Å². The van der Waals surface area contributed by atoms with Gasteiger partial charge in [-0.1, -0.05) is 42.5 Å². The maximum Gasteiger partial charge on any atom is 0.357 e. The monoisotopic (exact) mass is 463 g/mol. The predicted octanol–water partition coefficient (Wildman–Crippen LogP) is 1.19. The van der Waals surface area contributed by atoms with Crippen LogP contribution in [0.1, 0.15) is 34.1 Å². The number of anilines is 1. The van der Waals surface area contributed by atoms with Gasteiger partial charge in [-0.2, -0.15) is 5.10 Å². The molecule has 2 aromatic carbocycles. The van der Waals surface area contributed by atoms with Crippen LogP contribution in [0.5, 0.6) is 5.75 Å². The average Bonchev–Trinajstić information content (AvgIpc) is 3.31. The Morgan fingerprint density at radius 2 is 1.79 bits per heavy atom. The summed E-state index contributed by atoms with van der Waals surface area (Å²) in [5, 5.41) is 5.76. The maximum atomic E-state index is 13.0. The van der Waals surface area contributed by atoms with Crippen LogP contribution >= 0.6 is 0 Å². The van der Waals surface area contributed by atoms with E-state index in [1.54, 1.807) is 19.2 Å². The fourth-order valence-corrected chi connectivity index (χ4v) is 3.55. The molecular formula is C23H21N5O6. The molecule has 11 nitrogen and oxygen atoms in total. The lowest BCUT2D eigenvalue weighted by Gasteiger charge is -2.22. The molecule has 11 heteroatoms. The normalized spacial score (nSPS) is 15.0. The molecule has 34 heavy (non-hydrogen) atoms. The van der Waals surface area contributed by atoms with Gasteiger partial charge in [-0.3, -0.25) is 19.6 Å². The van der Waals surface area contributed by atoms with Gasteiger partial charge in [0.2, 0.25) is 0 Å². The molecule has 0 saturated carbocycles. The number of benzene rings is 2. The highest BCUT2D eigenvalue weighted by Gasteiger charge is 2.33. The Labute approximate surface area is 192 Å². The first-order valence-corrected chi connectivity index (χ1v) is 10.3. The van der Waals surface area contributed by atoms with E-state index in [1.165, 1.54) is 5.01 Å². The van der Waals surface area contributed by atoms with Crippen molar-refractivity contribution in [1.29, 1.82) is 0 Å². The summed E-state index contributed by atoms with van der Waals surface area (Å²) in [7, 11) is 1.56. The molecule has 1 aliphatic rings. The molecule has 1 amide bonds. The molecule has 1 aromatic heterocycles. The Balaban J connectivity index is 1.57. The summed E-state index contributed by atoms with van der Waals surface area (Å²) in [6.45, 7) is -0.675. The van der Waals surface area contributed by atoms with E-state index in [2.05, 4.69) is 10.1 Å². The van der Waals surface area contributed by atoms with Crippen LogP contribution in [0.15, 0.2) is 69.3 Å². The standard InChI is InChI=1S/C23H21N5O6/c1-33-15-9-7-14(8-10-15)17-11-16(13-5-3-2-4-6-13)27-28(17)18(29)12-34-22(31)20-19(24)21(30)26-23(32)25-20/h2-10,17H,11-12,24H2,1H3,(H2,25,26,30,32). The van der Waals surface area contributed by atoms with Crippen molar-refractivity contribution in [3.05, 3.63) is 92.3 Å². The second kappa shape index (κ2) is 9.45. The molecule has 0 saturated heterocycles. The van der Waals surface area contributed by atoms with Gasteiger partial charge in [-0.05, 0) is 23.3 Å². The average molecular weight is 463 g/mol. The number of hydrogen-bond donors (Lipinski definition) is 3. The fourth-order valence-electron chi connectivity index (χ4n) is 3.55. The quantitative estimate of drug-likeness (QED) is 0.463. The molecule has 0 radical (unpaired) electrons. The second-order valence-corrected chi connectivity index (χ2v) is 7.42. The van der Waals surface area contributed by atoms with Gasteiger partial charge in [-0.25, -0.2) is 14.6 Å². The van der Waals surface area contributed by atoms with Gasteiger partial charge in [0.15, 0.2) is 12.3 Å². The largest absolute Gasteiger partial charge is 0.497 e. The number of aromatic amines is 2. The van der Waals surface area contributed by atoms with E-state index in [4.69, 9.17) is 15.2 Å². The number of nitrogens with two attached hydrogens (primary N) is 1. The summed E-state index contributed by atoms with van der Waals surface area (Å²) in [5.41, 5.74) is 5.03. The van der Waals surface area contributed by atoms with Crippen molar-refractivity contribution in [2.24, 2.45) is 5.10 Å². The van der Waals surface area contributed by atoms with Gasteiger partial charge in [-0.15, -0.1) is 0 Å². The minimum atomic E-state index is -1.11. The highest BCUT2D eigenvalue weighted by atomic mass is 16.5. The molecule has 1 atom stereocenters. The lowest BCUT2D eigenvalue weighted by Crippen LogP contribution is -2.33. The van der Waals surface area contributed by atoms with Gasteiger partial charge in [0.1, 0.15) is 11.4 Å². The molecule has 1 aliphatic heterocycles. The van der Waals surface area contributed by atoms with Gasteiger partial charge in [0.05, 0.1) is 18.9 Å². The van der Waals surface area contributed by atoms with E-state index < -0.39 is 47.2 Å². The van der Waals surface area contributed by atoms with E-state index in [0.717, 1.165) is 11.1 Å². The number of nitrogens with zero attached hydrogens (tertiary/aromatic N) is 2. The molecule has 0 fully saturated rings. The summed E-state index contributed by atoms with van der Waals surface area (Å²) in [6, 6.07) is 16.2. The SMILES string of the molecule is COc1ccc(C2CC(c3ccccc3)=NN2C(=O)COC(=O)c2[nH]c(=O)[nH]c(=O)c2N)cc1. The molecule has 3 aromatic rings. The number of hydrogen-bond acceptors (Lipinski definition) is 8. The minimum Gasteiger partial charge on any atom is -0.497 e. The molecule has 174 valence electrons. The molecule has 2 heterocycles. The van der Waals surface area contributed by atoms with Gasteiger partial charge in [0.25, 0.3) is 11.5 Å². The highest BCUT2D eigenvalue weighted by molar-refractivity contribution is 6.03. The zero-order valence-electron chi connectivity index (χ0n) is 18.1. The van der Waals surface area contributed by atoms with Crippen LogP contribution in [-0.2, 0) is 9.53 Å². The van der Waals surface area contributed by atoms with Gasteiger partial charge < -0.3 is 15.2 Å². The number of rotatable bonds is 6. The molecule has 4 N–H and O–H groups in total. The highest BCUT2D eigenvalue weighted by Crippen LogP contribution is 2.33. The van der Waals surface area contributed by atoms with E-state index in [-0.39, 0.29) is 0 Å². The summed E-state index contributed by atoms with van der Waals surface area (Å²) < 4.78 is 10.2. The summed E-state index contributed by atoms with van der Waals surface area (Å²) in [5.74, 6) is -1.03. The van der Waals surface area contributed by atoms with Crippen LogP contribution in [0.3, 0.4) is 0 Å². The van der Waals surface area contributed by atoms with Gasteiger partial charge in [0, 0.05) is 6.42 Å². The third-order valence-corrected chi connectivity index (χ3v) is 5.28. The Morgan fingerprint density at radius 3 is 2.47 bits per heavy atom. The molecule has 0 bridgehead atoms. The fraction of sp³-hybridized carbons (Fsp3) is 0.174. The zero-order chi connectivity index (χ0) is 24.2. The Bertz CT molecular complexity index is 1360. The molecule has 1 unspecified atom stereocenters. The van der Waals surface area contributed by atoms with E-state index in [9.17, 15) is 19.2 Å².